The predicted octanol–water partition coefficient (Wildman–Crippen LogP) is 5.00. The number of nitrogens with zero attached hydrogens (tertiary/aromatic N) is 2. The Bertz CT molecular complexity index is 824. The molecule has 3 heterocycles. The van der Waals surface area contributed by atoms with E-state index < -0.39 is 0 Å². The summed E-state index contributed by atoms with van der Waals surface area (Å²) in [6.07, 6.45) is 2.97. The molecule has 0 fully saturated rings. The standard InChI is InChI=1S/C17H15BrN2OS/c1-2-21-14-8-11-5-6-20-10-19-16(15-4-3-7-22-15)17(20)12(11)9-13(14)18/h3-4,7-10H,2,5-6H2,1H3. The maximum absolute atomic E-state index is 5.71. The Morgan fingerprint density at radius 3 is 3.09 bits per heavy atom. The lowest BCUT2D eigenvalue weighted by molar-refractivity contribution is 0.337. The third-order valence-electron chi connectivity index (χ3n) is 3.93. The Hall–Kier alpha value is -1.59. The van der Waals surface area contributed by atoms with Crippen molar-refractivity contribution in [2.24, 2.45) is 0 Å². The van der Waals surface area contributed by atoms with Crippen LogP contribution >= 0.6 is 27.3 Å². The molecule has 112 valence electrons. The van der Waals surface area contributed by atoms with E-state index in [4.69, 9.17) is 4.74 Å². The van der Waals surface area contributed by atoms with Gasteiger partial charge in [-0.25, -0.2) is 4.98 Å². The van der Waals surface area contributed by atoms with Gasteiger partial charge in [-0.15, -0.1) is 11.3 Å². The van der Waals surface area contributed by atoms with Crippen molar-refractivity contribution in [2.75, 3.05) is 6.61 Å². The van der Waals surface area contributed by atoms with Crippen molar-refractivity contribution in [3.8, 4) is 27.6 Å². The van der Waals surface area contributed by atoms with Crippen LogP contribution in [0.3, 0.4) is 0 Å². The van der Waals surface area contributed by atoms with Gasteiger partial charge in [-0.3, -0.25) is 0 Å². The molecule has 0 saturated heterocycles. The Labute approximate surface area is 141 Å². The summed E-state index contributed by atoms with van der Waals surface area (Å²) < 4.78 is 8.96. The molecule has 1 aliphatic heterocycles. The van der Waals surface area contributed by atoms with Gasteiger partial charge >= 0.3 is 0 Å². The van der Waals surface area contributed by atoms with Crippen LogP contribution in [0.4, 0.5) is 0 Å². The van der Waals surface area contributed by atoms with E-state index in [2.05, 4.69) is 55.1 Å². The highest BCUT2D eigenvalue weighted by Crippen LogP contribution is 2.41. The first kappa shape index (κ1) is 14.0. The molecule has 0 aliphatic carbocycles. The summed E-state index contributed by atoms with van der Waals surface area (Å²) in [4.78, 5) is 5.87. The number of benzene rings is 1. The van der Waals surface area contributed by atoms with Crippen LogP contribution in [0.15, 0.2) is 40.4 Å². The molecular weight excluding hydrogens is 360 g/mol. The van der Waals surface area contributed by atoms with E-state index in [-0.39, 0.29) is 0 Å². The van der Waals surface area contributed by atoms with Gasteiger partial charge in [0.15, 0.2) is 0 Å². The highest BCUT2D eigenvalue weighted by Gasteiger charge is 2.23. The number of hydrogen-bond donors (Lipinski definition) is 0. The fourth-order valence-corrected chi connectivity index (χ4v) is 4.14. The van der Waals surface area contributed by atoms with Crippen molar-refractivity contribution in [3.05, 3.63) is 46.0 Å². The lowest BCUT2D eigenvalue weighted by atomic mass is 9.96. The van der Waals surface area contributed by atoms with E-state index in [1.807, 2.05) is 13.3 Å². The normalized spacial score (nSPS) is 12.8. The van der Waals surface area contributed by atoms with Crippen molar-refractivity contribution in [1.29, 1.82) is 0 Å². The quantitative estimate of drug-likeness (QED) is 0.645. The first-order chi connectivity index (χ1) is 10.8. The zero-order chi connectivity index (χ0) is 15.1. The number of imidazole rings is 1. The summed E-state index contributed by atoms with van der Waals surface area (Å²) in [5.74, 6) is 0.923. The van der Waals surface area contributed by atoms with Crippen LogP contribution in [0.2, 0.25) is 0 Å². The fraction of sp³-hybridized carbons (Fsp3) is 0.235. The highest BCUT2D eigenvalue weighted by atomic mass is 79.9. The number of ether oxygens (including phenoxy) is 1. The minimum Gasteiger partial charge on any atom is -0.493 e. The molecule has 0 N–H and O–H groups in total. The summed E-state index contributed by atoms with van der Waals surface area (Å²) >= 11 is 5.37. The molecule has 0 unspecified atom stereocenters. The Morgan fingerprint density at radius 1 is 1.41 bits per heavy atom. The second kappa shape index (κ2) is 5.56. The Morgan fingerprint density at radius 2 is 2.32 bits per heavy atom. The van der Waals surface area contributed by atoms with Crippen LogP contribution in [0.1, 0.15) is 12.5 Å². The van der Waals surface area contributed by atoms with Crippen LogP contribution in [-0.4, -0.2) is 16.2 Å². The molecule has 22 heavy (non-hydrogen) atoms. The van der Waals surface area contributed by atoms with Gasteiger partial charge in [-0.1, -0.05) is 6.07 Å². The number of aryl methyl sites for hydroxylation is 2. The highest BCUT2D eigenvalue weighted by molar-refractivity contribution is 9.10. The number of fused-ring (bicyclic) bond motifs is 3. The first-order valence-corrected chi connectivity index (χ1v) is 8.99. The summed E-state index contributed by atoms with van der Waals surface area (Å²) in [6.45, 7) is 3.65. The average Bonchev–Trinajstić information content (AvgIpc) is 3.16. The molecule has 3 aromatic rings. The van der Waals surface area contributed by atoms with Crippen LogP contribution in [-0.2, 0) is 13.0 Å². The number of rotatable bonds is 3. The van der Waals surface area contributed by atoms with Gasteiger partial charge in [0, 0.05) is 12.1 Å². The van der Waals surface area contributed by atoms with Crippen molar-refractivity contribution in [3.63, 3.8) is 0 Å². The number of hydrogen-bond acceptors (Lipinski definition) is 3. The average molecular weight is 375 g/mol. The zero-order valence-electron chi connectivity index (χ0n) is 12.2. The smallest absolute Gasteiger partial charge is 0.133 e. The molecule has 0 radical (unpaired) electrons. The van der Waals surface area contributed by atoms with Crippen LogP contribution in [0.25, 0.3) is 21.8 Å². The molecule has 1 aromatic carbocycles. The van der Waals surface area contributed by atoms with Gasteiger partial charge in [0.1, 0.15) is 11.4 Å². The second-order valence-electron chi connectivity index (χ2n) is 5.24. The van der Waals surface area contributed by atoms with E-state index in [1.165, 1.54) is 21.7 Å². The molecule has 3 nitrogen and oxygen atoms in total. The second-order valence-corrected chi connectivity index (χ2v) is 7.04. The maximum atomic E-state index is 5.71. The minimum absolute atomic E-state index is 0.676. The van der Waals surface area contributed by atoms with Gasteiger partial charge < -0.3 is 9.30 Å². The third kappa shape index (κ3) is 2.20. The zero-order valence-corrected chi connectivity index (χ0v) is 14.6. The van der Waals surface area contributed by atoms with E-state index in [1.54, 1.807) is 11.3 Å². The van der Waals surface area contributed by atoms with Crippen LogP contribution in [0, 0.1) is 0 Å². The molecule has 0 amide bonds. The van der Waals surface area contributed by atoms with Gasteiger partial charge in [-0.05, 0) is 58.4 Å². The van der Waals surface area contributed by atoms with Crippen molar-refractivity contribution >= 4 is 27.3 Å². The molecular formula is C17H15BrN2OS. The Balaban J connectivity index is 1.90. The number of thiophene rings is 1. The molecule has 2 aromatic heterocycles. The largest absolute Gasteiger partial charge is 0.493 e. The number of halogens is 1. The summed E-state index contributed by atoms with van der Waals surface area (Å²) in [5, 5.41) is 2.10. The maximum Gasteiger partial charge on any atom is 0.133 e. The molecule has 4 rings (SSSR count). The Kier molecular flexibility index (Phi) is 3.54. The fourth-order valence-electron chi connectivity index (χ4n) is 2.96. The topological polar surface area (TPSA) is 27.1 Å². The van der Waals surface area contributed by atoms with Gasteiger partial charge in [0.05, 0.1) is 28.0 Å². The molecule has 0 atom stereocenters. The van der Waals surface area contributed by atoms with E-state index >= 15 is 0 Å². The number of aromatic nitrogens is 2. The summed E-state index contributed by atoms with van der Waals surface area (Å²) in [6, 6.07) is 8.54. The molecule has 1 aliphatic rings. The van der Waals surface area contributed by atoms with E-state index in [0.29, 0.717) is 6.61 Å². The van der Waals surface area contributed by atoms with E-state index in [0.717, 1.165) is 28.9 Å². The first-order valence-electron chi connectivity index (χ1n) is 7.32. The van der Waals surface area contributed by atoms with E-state index in [9.17, 15) is 0 Å². The van der Waals surface area contributed by atoms with Crippen molar-refractivity contribution in [2.45, 2.75) is 19.9 Å². The van der Waals surface area contributed by atoms with Gasteiger partial charge in [-0.2, -0.15) is 0 Å². The van der Waals surface area contributed by atoms with Crippen molar-refractivity contribution in [1.82, 2.24) is 9.55 Å². The summed E-state index contributed by atoms with van der Waals surface area (Å²) in [7, 11) is 0. The minimum atomic E-state index is 0.676. The molecule has 0 saturated carbocycles. The van der Waals surface area contributed by atoms with Crippen LogP contribution in [0.5, 0.6) is 5.75 Å². The molecule has 5 heteroatoms. The molecule has 0 bridgehead atoms. The summed E-state index contributed by atoms with van der Waals surface area (Å²) in [5.41, 5.74) is 4.87. The third-order valence-corrected chi connectivity index (χ3v) is 5.42. The van der Waals surface area contributed by atoms with Gasteiger partial charge in [0.2, 0.25) is 0 Å². The van der Waals surface area contributed by atoms with Crippen LogP contribution < -0.4 is 4.74 Å². The van der Waals surface area contributed by atoms with Gasteiger partial charge in [0.25, 0.3) is 0 Å². The SMILES string of the molecule is CCOc1cc2c(cc1Br)-c1c(-c3cccs3)ncn1CC2. The lowest BCUT2D eigenvalue weighted by Gasteiger charge is -2.21. The lowest BCUT2D eigenvalue weighted by Crippen LogP contribution is -2.10. The predicted molar refractivity (Wildman–Crippen MR) is 93.5 cm³/mol. The molecule has 0 spiro atoms. The van der Waals surface area contributed by atoms with Crippen molar-refractivity contribution < 1.29 is 4.74 Å². The monoisotopic (exact) mass is 374 g/mol.